The van der Waals surface area contributed by atoms with Crippen LogP contribution < -0.4 is 5.32 Å². The number of hydrogen-bond acceptors (Lipinski definition) is 3. The van der Waals surface area contributed by atoms with Gasteiger partial charge in [0, 0.05) is 31.5 Å². The second-order valence-corrected chi connectivity index (χ2v) is 6.65. The standard InChI is InChI=1S/C12H24N2O2S/c1-12(2,17-4)9-13-11(15)14(3)8-10-6-5-7-16-10/h10H,5-9H2,1-4H3,(H,13,15)/t10-/m0/s1. The van der Waals surface area contributed by atoms with Crippen LogP contribution in [0.3, 0.4) is 0 Å². The topological polar surface area (TPSA) is 41.6 Å². The van der Waals surface area contributed by atoms with E-state index in [4.69, 9.17) is 4.74 Å². The Labute approximate surface area is 108 Å². The first-order valence-electron chi connectivity index (χ1n) is 6.10. The number of urea groups is 1. The predicted octanol–water partition coefficient (Wildman–Crippen LogP) is 1.95. The number of rotatable bonds is 5. The molecule has 0 unspecified atom stereocenters. The van der Waals surface area contributed by atoms with Crippen LogP contribution in [0.4, 0.5) is 4.79 Å². The lowest BCUT2D eigenvalue weighted by Gasteiger charge is -2.26. The van der Waals surface area contributed by atoms with E-state index in [1.807, 2.05) is 7.05 Å². The zero-order chi connectivity index (χ0) is 12.9. The van der Waals surface area contributed by atoms with Crippen LogP contribution in [0.25, 0.3) is 0 Å². The number of ether oxygens (including phenoxy) is 1. The third kappa shape index (κ3) is 5.17. The van der Waals surface area contributed by atoms with Gasteiger partial charge in [0.15, 0.2) is 0 Å². The number of carbonyl (C=O) groups excluding carboxylic acids is 1. The molecule has 4 nitrogen and oxygen atoms in total. The molecule has 0 aromatic heterocycles. The van der Waals surface area contributed by atoms with Crippen LogP contribution in [-0.2, 0) is 4.74 Å². The molecular formula is C12H24N2O2S. The molecule has 100 valence electrons. The summed E-state index contributed by atoms with van der Waals surface area (Å²) in [6.07, 6.45) is 4.45. The van der Waals surface area contributed by atoms with Crippen molar-refractivity contribution in [2.24, 2.45) is 0 Å². The largest absolute Gasteiger partial charge is 0.376 e. The molecule has 0 radical (unpaired) electrons. The summed E-state index contributed by atoms with van der Waals surface area (Å²) in [5.41, 5.74) is 0. The number of likely N-dealkylation sites (N-methyl/N-ethyl adjacent to an activating group) is 1. The van der Waals surface area contributed by atoms with E-state index >= 15 is 0 Å². The molecule has 17 heavy (non-hydrogen) atoms. The van der Waals surface area contributed by atoms with Crippen LogP contribution in [0.1, 0.15) is 26.7 Å². The van der Waals surface area contributed by atoms with Gasteiger partial charge in [-0.05, 0) is 32.9 Å². The maximum Gasteiger partial charge on any atom is 0.317 e. The third-order valence-electron chi connectivity index (χ3n) is 3.07. The van der Waals surface area contributed by atoms with Crippen molar-refractivity contribution in [2.45, 2.75) is 37.5 Å². The number of hydrogen-bond donors (Lipinski definition) is 1. The molecule has 0 spiro atoms. The van der Waals surface area contributed by atoms with E-state index in [-0.39, 0.29) is 16.9 Å². The van der Waals surface area contributed by atoms with Crippen LogP contribution in [-0.4, -0.2) is 54.8 Å². The molecule has 5 heteroatoms. The zero-order valence-corrected chi connectivity index (χ0v) is 12.1. The minimum Gasteiger partial charge on any atom is -0.376 e. The molecule has 1 aliphatic rings. The predicted molar refractivity (Wildman–Crippen MR) is 72.6 cm³/mol. The minimum atomic E-state index is -0.0115. The smallest absolute Gasteiger partial charge is 0.317 e. The van der Waals surface area contributed by atoms with Gasteiger partial charge in [0.2, 0.25) is 0 Å². The Kier molecular flexibility index (Phi) is 5.59. The Morgan fingerprint density at radius 3 is 2.82 bits per heavy atom. The van der Waals surface area contributed by atoms with E-state index in [0.29, 0.717) is 13.1 Å². The van der Waals surface area contributed by atoms with Gasteiger partial charge in [0.1, 0.15) is 0 Å². The fourth-order valence-electron chi connectivity index (χ4n) is 1.67. The molecular weight excluding hydrogens is 236 g/mol. The molecule has 1 rings (SSSR count). The molecule has 1 N–H and O–H groups in total. The summed E-state index contributed by atoms with van der Waals surface area (Å²) in [6.45, 7) is 6.45. The van der Waals surface area contributed by atoms with E-state index in [9.17, 15) is 4.79 Å². The van der Waals surface area contributed by atoms with Gasteiger partial charge >= 0.3 is 6.03 Å². The van der Waals surface area contributed by atoms with Crippen molar-refractivity contribution in [3.8, 4) is 0 Å². The molecule has 2 amide bonds. The average molecular weight is 260 g/mol. The van der Waals surface area contributed by atoms with Gasteiger partial charge in [-0.2, -0.15) is 11.8 Å². The van der Waals surface area contributed by atoms with E-state index in [1.54, 1.807) is 16.7 Å². The maximum atomic E-state index is 11.8. The van der Waals surface area contributed by atoms with E-state index in [0.717, 1.165) is 19.4 Å². The zero-order valence-electron chi connectivity index (χ0n) is 11.3. The first-order valence-corrected chi connectivity index (χ1v) is 7.33. The number of thioether (sulfide) groups is 1. The van der Waals surface area contributed by atoms with Crippen molar-refractivity contribution >= 4 is 17.8 Å². The van der Waals surface area contributed by atoms with Gasteiger partial charge in [0.05, 0.1) is 6.10 Å². The normalized spacial score (nSPS) is 20.4. The van der Waals surface area contributed by atoms with E-state index in [1.165, 1.54) is 0 Å². The van der Waals surface area contributed by atoms with Crippen molar-refractivity contribution in [3.63, 3.8) is 0 Å². The Morgan fingerprint density at radius 1 is 1.59 bits per heavy atom. The molecule has 1 fully saturated rings. The highest BCUT2D eigenvalue weighted by atomic mass is 32.2. The van der Waals surface area contributed by atoms with Crippen molar-refractivity contribution in [1.82, 2.24) is 10.2 Å². The van der Waals surface area contributed by atoms with Crippen LogP contribution >= 0.6 is 11.8 Å². The second-order valence-electron chi connectivity index (χ2n) is 5.14. The fraction of sp³-hybridized carbons (Fsp3) is 0.917. The highest BCUT2D eigenvalue weighted by molar-refractivity contribution is 7.99. The number of nitrogens with zero attached hydrogens (tertiary/aromatic N) is 1. The first-order chi connectivity index (χ1) is 7.94. The highest BCUT2D eigenvalue weighted by Crippen LogP contribution is 2.19. The number of nitrogens with one attached hydrogen (secondary N) is 1. The SMILES string of the molecule is CSC(C)(C)CNC(=O)N(C)C[C@@H]1CCCO1. The van der Waals surface area contributed by atoms with E-state index < -0.39 is 0 Å². The van der Waals surface area contributed by atoms with Crippen LogP contribution in [0.5, 0.6) is 0 Å². The third-order valence-corrected chi connectivity index (χ3v) is 4.32. The molecule has 1 aliphatic heterocycles. The van der Waals surface area contributed by atoms with Gasteiger partial charge in [0.25, 0.3) is 0 Å². The van der Waals surface area contributed by atoms with Crippen LogP contribution in [0.2, 0.25) is 0 Å². The van der Waals surface area contributed by atoms with Gasteiger partial charge in [-0.1, -0.05) is 0 Å². The highest BCUT2D eigenvalue weighted by Gasteiger charge is 2.22. The van der Waals surface area contributed by atoms with Gasteiger partial charge in [-0.3, -0.25) is 0 Å². The molecule has 0 aromatic rings. The molecule has 1 saturated heterocycles. The first kappa shape index (κ1) is 14.6. The lowest BCUT2D eigenvalue weighted by atomic mass is 10.2. The minimum absolute atomic E-state index is 0.0115. The van der Waals surface area contributed by atoms with Gasteiger partial charge in [-0.15, -0.1) is 0 Å². The summed E-state index contributed by atoms with van der Waals surface area (Å²) in [7, 11) is 1.82. The maximum absolute atomic E-state index is 11.8. The Morgan fingerprint density at radius 2 is 2.29 bits per heavy atom. The molecule has 1 atom stereocenters. The summed E-state index contributed by atoms with van der Waals surface area (Å²) in [6, 6.07) is -0.0115. The Balaban J connectivity index is 2.26. The quantitative estimate of drug-likeness (QED) is 0.821. The van der Waals surface area contributed by atoms with Crippen molar-refractivity contribution in [3.05, 3.63) is 0 Å². The lowest BCUT2D eigenvalue weighted by molar-refractivity contribution is 0.0874. The molecule has 1 heterocycles. The summed E-state index contributed by atoms with van der Waals surface area (Å²) in [4.78, 5) is 13.6. The molecule has 0 aliphatic carbocycles. The summed E-state index contributed by atoms with van der Waals surface area (Å²) in [5, 5.41) is 2.96. The second kappa shape index (κ2) is 6.50. The Bertz CT molecular complexity index is 253. The number of carbonyl (C=O) groups is 1. The van der Waals surface area contributed by atoms with Crippen LogP contribution in [0.15, 0.2) is 0 Å². The fourth-order valence-corrected chi connectivity index (χ4v) is 1.89. The lowest BCUT2D eigenvalue weighted by Crippen LogP contribution is -2.45. The van der Waals surface area contributed by atoms with Gasteiger partial charge < -0.3 is 15.0 Å². The Hall–Kier alpha value is -0.420. The van der Waals surface area contributed by atoms with E-state index in [2.05, 4.69) is 25.4 Å². The van der Waals surface area contributed by atoms with Gasteiger partial charge in [-0.25, -0.2) is 4.79 Å². The van der Waals surface area contributed by atoms with Crippen molar-refractivity contribution < 1.29 is 9.53 Å². The summed E-state index contributed by atoms with van der Waals surface area (Å²) < 4.78 is 5.60. The summed E-state index contributed by atoms with van der Waals surface area (Å²) in [5.74, 6) is 0. The van der Waals surface area contributed by atoms with Crippen LogP contribution in [0, 0.1) is 0 Å². The molecule has 0 saturated carbocycles. The summed E-state index contributed by atoms with van der Waals surface area (Å²) >= 11 is 1.76. The monoisotopic (exact) mass is 260 g/mol. The molecule has 0 bridgehead atoms. The average Bonchev–Trinajstić information content (AvgIpc) is 2.78. The molecule has 0 aromatic carbocycles. The van der Waals surface area contributed by atoms with Crippen molar-refractivity contribution in [1.29, 1.82) is 0 Å². The number of amides is 2. The van der Waals surface area contributed by atoms with Crippen molar-refractivity contribution in [2.75, 3.05) is 33.0 Å².